The second kappa shape index (κ2) is 11.2. The van der Waals surface area contributed by atoms with Crippen LogP contribution in [-0.2, 0) is 14.9 Å². The van der Waals surface area contributed by atoms with Crippen molar-refractivity contribution in [1.82, 2.24) is 0 Å². The molecule has 0 N–H and O–H groups in total. The minimum absolute atomic E-state index is 0.242. The van der Waals surface area contributed by atoms with Crippen LogP contribution in [0.1, 0.15) is 90.8 Å². The van der Waals surface area contributed by atoms with E-state index in [0.717, 1.165) is 20.8 Å². The van der Waals surface area contributed by atoms with Crippen molar-refractivity contribution < 1.29 is 18.2 Å². The van der Waals surface area contributed by atoms with E-state index in [0.29, 0.717) is 11.8 Å². The van der Waals surface area contributed by atoms with Gasteiger partial charge in [-0.25, -0.2) is 0 Å². The molecule has 0 aromatic heterocycles. The molecule has 0 amide bonds. The van der Waals surface area contributed by atoms with Gasteiger partial charge in [-0.05, 0) is 0 Å². The van der Waals surface area contributed by atoms with Crippen LogP contribution >= 0.6 is 18.6 Å². The van der Waals surface area contributed by atoms with Gasteiger partial charge in [-0.15, -0.1) is 0 Å². The summed E-state index contributed by atoms with van der Waals surface area (Å²) in [6, 6.07) is 21.7. The fourth-order valence-corrected chi connectivity index (χ4v) is 13.2. The molecule has 206 valence electrons. The standard InChI is InChI=1S/C25H28O.C10H15.2ClH.Ti/c1-16(2)19-10-6-8-12-21(19)23-14-18(5)15-24(25(23)26)22-13-9-7-11-20(22)17(3)4;1-7-6-10(4,5)9(3)8(7)2;;;/h6-17,26H,1-5H3;1-5H3;2*1H;/q;;;;+3/p-3. The van der Waals surface area contributed by atoms with Crippen molar-refractivity contribution in [3.8, 4) is 28.0 Å². The van der Waals surface area contributed by atoms with Crippen LogP contribution in [-0.4, -0.2) is 0 Å². The van der Waals surface area contributed by atoms with Gasteiger partial charge in [0.1, 0.15) is 0 Å². The van der Waals surface area contributed by atoms with Crippen LogP contribution in [0.5, 0.6) is 5.75 Å². The van der Waals surface area contributed by atoms with E-state index in [4.69, 9.17) is 21.9 Å². The van der Waals surface area contributed by atoms with Crippen LogP contribution in [0, 0.1) is 12.3 Å². The van der Waals surface area contributed by atoms with E-state index < -0.39 is 14.9 Å². The zero-order valence-electron chi connectivity index (χ0n) is 25.1. The second-order valence-corrected chi connectivity index (χ2v) is 20.1. The van der Waals surface area contributed by atoms with E-state index in [1.54, 1.807) is 0 Å². The van der Waals surface area contributed by atoms with Gasteiger partial charge in [0.05, 0.1) is 0 Å². The number of halogens is 2. The molecule has 0 unspecified atom stereocenters. The molecule has 4 heteroatoms. The summed E-state index contributed by atoms with van der Waals surface area (Å²) in [4.78, 5) is 0. The summed E-state index contributed by atoms with van der Waals surface area (Å²) in [7, 11) is 15.0. The van der Waals surface area contributed by atoms with Crippen molar-refractivity contribution in [2.24, 2.45) is 5.41 Å². The minimum atomic E-state index is -4.10. The number of allylic oxidation sites excluding steroid dienone is 4. The Morgan fingerprint density at radius 1 is 0.667 bits per heavy atom. The van der Waals surface area contributed by atoms with Crippen molar-refractivity contribution in [2.45, 2.75) is 81.1 Å². The summed E-state index contributed by atoms with van der Waals surface area (Å²) in [6.07, 6.45) is 0. The Hall–Kier alpha value is -1.77. The van der Waals surface area contributed by atoms with Gasteiger partial charge in [0.15, 0.2) is 0 Å². The Morgan fingerprint density at radius 3 is 1.49 bits per heavy atom. The quantitative estimate of drug-likeness (QED) is 0.246. The Morgan fingerprint density at radius 2 is 1.10 bits per heavy atom. The van der Waals surface area contributed by atoms with Crippen LogP contribution in [0.2, 0.25) is 0 Å². The van der Waals surface area contributed by atoms with Gasteiger partial charge >= 0.3 is 249 Å². The van der Waals surface area contributed by atoms with E-state index in [2.05, 4.69) is 130 Å². The average molecular weight is 597 g/mol. The number of benzene rings is 3. The molecule has 0 heterocycles. The summed E-state index contributed by atoms with van der Waals surface area (Å²) >= 11 is -4.10. The van der Waals surface area contributed by atoms with E-state index in [9.17, 15) is 0 Å². The molecule has 0 spiro atoms. The van der Waals surface area contributed by atoms with E-state index in [-0.39, 0.29) is 5.41 Å². The molecule has 0 saturated heterocycles. The van der Waals surface area contributed by atoms with E-state index in [1.165, 1.54) is 44.5 Å². The Bertz CT molecular complexity index is 1400. The first-order valence-corrected chi connectivity index (χ1v) is 19.7. The van der Waals surface area contributed by atoms with Gasteiger partial charge in [0.25, 0.3) is 0 Å². The molecule has 0 radical (unpaired) electrons. The predicted molar refractivity (Wildman–Crippen MR) is 167 cm³/mol. The third kappa shape index (κ3) is 5.58. The fraction of sp³-hybridized carbons (Fsp3) is 0.371. The van der Waals surface area contributed by atoms with Crippen molar-refractivity contribution in [3.05, 3.63) is 98.0 Å². The van der Waals surface area contributed by atoms with Gasteiger partial charge in [-0.2, -0.15) is 0 Å². The second-order valence-electron chi connectivity index (χ2n) is 12.2. The summed E-state index contributed by atoms with van der Waals surface area (Å²) in [5.74, 6) is 1.50. The van der Waals surface area contributed by atoms with Gasteiger partial charge in [-0.1, -0.05) is 0 Å². The summed E-state index contributed by atoms with van der Waals surface area (Å²) in [5, 5.41) is 0. The molecule has 1 nitrogen and oxygen atoms in total. The van der Waals surface area contributed by atoms with E-state index in [1.807, 2.05) is 0 Å². The molecule has 4 rings (SSSR count). The maximum atomic E-state index is 7.50. The zero-order chi connectivity index (χ0) is 28.9. The van der Waals surface area contributed by atoms with E-state index >= 15 is 0 Å². The SMILES string of the molecule is CC1=C(C)C(C)(C)[C]([Ti]([Cl])([Cl])[O]c2c(-c3ccccc3C(C)C)cc(C)cc2-c2ccccc2C(C)C)=C1C. The Balaban J connectivity index is 2.05. The Labute approximate surface area is 247 Å². The number of aryl methyl sites for hydroxylation is 1. The Kier molecular flexibility index (Phi) is 8.71. The molecule has 0 saturated carbocycles. The first-order valence-electron chi connectivity index (χ1n) is 14.0. The topological polar surface area (TPSA) is 9.23 Å². The zero-order valence-corrected chi connectivity index (χ0v) is 28.2. The molecule has 1 aliphatic carbocycles. The number of hydrogen-bond donors (Lipinski definition) is 0. The number of hydrogen-bond acceptors (Lipinski definition) is 1. The molecule has 1 aliphatic rings. The molecule has 39 heavy (non-hydrogen) atoms. The molecule has 0 bridgehead atoms. The summed E-state index contributed by atoms with van der Waals surface area (Å²) < 4.78 is 8.21. The van der Waals surface area contributed by atoms with Crippen LogP contribution in [0.4, 0.5) is 0 Å². The predicted octanol–water partition coefficient (Wildman–Crippen LogP) is 12.0. The van der Waals surface area contributed by atoms with Crippen molar-refractivity contribution in [3.63, 3.8) is 0 Å². The van der Waals surface area contributed by atoms with Crippen LogP contribution in [0.3, 0.4) is 0 Å². The third-order valence-electron chi connectivity index (χ3n) is 8.56. The average Bonchev–Trinajstić information content (AvgIpc) is 3.03. The van der Waals surface area contributed by atoms with Crippen LogP contribution in [0.25, 0.3) is 22.3 Å². The maximum absolute atomic E-state index is 7.50. The summed E-state index contributed by atoms with van der Waals surface area (Å²) in [5.41, 5.74) is 11.7. The monoisotopic (exact) mass is 596 g/mol. The fourth-order valence-electron chi connectivity index (χ4n) is 6.13. The van der Waals surface area contributed by atoms with Crippen molar-refractivity contribution >= 4 is 18.6 Å². The van der Waals surface area contributed by atoms with Crippen LogP contribution in [0.15, 0.2) is 81.3 Å². The molecule has 0 atom stereocenters. The van der Waals surface area contributed by atoms with Gasteiger partial charge < -0.3 is 0 Å². The molecule has 0 fully saturated rings. The van der Waals surface area contributed by atoms with Crippen molar-refractivity contribution in [1.29, 1.82) is 0 Å². The van der Waals surface area contributed by atoms with Gasteiger partial charge in [0.2, 0.25) is 0 Å². The molecule has 3 aromatic rings. The first-order chi connectivity index (χ1) is 18.2. The number of rotatable bonds is 7. The molecule has 3 aromatic carbocycles. The summed E-state index contributed by atoms with van der Waals surface area (Å²) in [6.45, 7) is 22.1. The van der Waals surface area contributed by atoms with Crippen molar-refractivity contribution in [2.75, 3.05) is 0 Å². The molecule has 0 aliphatic heterocycles. The van der Waals surface area contributed by atoms with Crippen LogP contribution < -0.4 is 3.32 Å². The molecular formula is C35H42Cl2OTi. The van der Waals surface area contributed by atoms with Gasteiger partial charge in [0, 0.05) is 0 Å². The first kappa shape index (κ1) is 30.2. The normalized spacial score (nSPS) is 15.6. The third-order valence-corrected chi connectivity index (χ3v) is 13.9. The molecular weight excluding hydrogens is 555 g/mol. The van der Waals surface area contributed by atoms with Gasteiger partial charge in [-0.3, -0.25) is 0 Å².